The molecule has 1 saturated carbocycles. The number of nitriles is 1. The van der Waals surface area contributed by atoms with Crippen molar-refractivity contribution < 1.29 is 23.0 Å². The Balaban J connectivity index is 1.62. The van der Waals surface area contributed by atoms with Gasteiger partial charge in [-0.1, -0.05) is 6.92 Å². The van der Waals surface area contributed by atoms with Gasteiger partial charge >= 0.3 is 6.29 Å². The van der Waals surface area contributed by atoms with Gasteiger partial charge in [0.05, 0.1) is 22.9 Å². The molecule has 7 nitrogen and oxygen atoms in total. The lowest BCUT2D eigenvalue weighted by Gasteiger charge is -2.13. The number of nitrogens with zero attached hydrogens (tertiary/aromatic N) is 2. The van der Waals surface area contributed by atoms with Crippen molar-refractivity contribution in [2.24, 2.45) is 0 Å². The minimum absolute atomic E-state index is 0.0427. The van der Waals surface area contributed by atoms with Gasteiger partial charge in [0, 0.05) is 23.2 Å². The van der Waals surface area contributed by atoms with E-state index in [9.17, 15) is 18.8 Å². The summed E-state index contributed by atoms with van der Waals surface area (Å²) in [6, 6.07) is 6.47. The first kappa shape index (κ1) is 19.3. The third-order valence-electron chi connectivity index (χ3n) is 4.71. The van der Waals surface area contributed by atoms with Gasteiger partial charge < -0.3 is 20.5 Å². The summed E-state index contributed by atoms with van der Waals surface area (Å²) in [5.74, 6) is -0.282. The van der Waals surface area contributed by atoms with Gasteiger partial charge in [-0.15, -0.1) is 20.5 Å². The number of nitrogens with one attached hydrogen (secondary N) is 1. The second-order valence-electron chi connectivity index (χ2n) is 6.71. The molecule has 1 amide bonds. The topological polar surface area (TPSA) is 110 Å². The third kappa shape index (κ3) is 3.53. The van der Waals surface area contributed by atoms with Gasteiger partial charge in [0.15, 0.2) is 11.5 Å². The van der Waals surface area contributed by atoms with E-state index in [0.29, 0.717) is 10.6 Å². The average molecular weight is 418 g/mol. The highest BCUT2D eigenvalue weighted by Gasteiger charge is 2.46. The Kier molecular flexibility index (Phi) is 4.50. The molecule has 0 spiro atoms. The number of hydrogen-bond donors (Lipinski definition) is 2. The first-order valence-electron chi connectivity index (χ1n) is 8.82. The number of anilines is 2. The van der Waals surface area contributed by atoms with Crippen molar-refractivity contribution in [1.82, 2.24) is 4.98 Å². The fraction of sp³-hybridized carbons (Fsp3) is 0.316. The number of carbonyl (C=O) groups is 1. The van der Waals surface area contributed by atoms with E-state index in [-0.39, 0.29) is 28.6 Å². The van der Waals surface area contributed by atoms with Crippen LogP contribution in [0.2, 0.25) is 0 Å². The number of fused-ring (bicyclic) bond motifs is 1. The number of benzene rings is 1. The Morgan fingerprint density at radius 2 is 2.03 bits per heavy atom. The molecule has 4 rings (SSSR count). The predicted molar refractivity (Wildman–Crippen MR) is 102 cm³/mol. The van der Waals surface area contributed by atoms with Crippen molar-refractivity contribution in [3.63, 3.8) is 0 Å². The Morgan fingerprint density at radius 3 is 2.66 bits per heavy atom. The molecule has 2 aliphatic rings. The number of ether oxygens (including phenoxy) is 2. The summed E-state index contributed by atoms with van der Waals surface area (Å²) in [6.07, 6.45) is -0.704. The molecular weight excluding hydrogens is 402 g/mol. The van der Waals surface area contributed by atoms with Gasteiger partial charge in [0.1, 0.15) is 5.69 Å². The zero-order valence-corrected chi connectivity index (χ0v) is 16.1. The van der Waals surface area contributed by atoms with Crippen LogP contribution in [-0.2, 0) is 5.41 Å². The van der Waals surface area contributed by atoms with Crippen LogP contribution < -0.4 is 20.5 Å². The van der Waals surface area contributed by atoms with E-state index in [4.69, 9.17) is 5.73 Å². The molecule has 1 aliphatic heterocycles. The minimum atomic E-state index is -3.78. The molecule has 0 saturated heterocycles. The van der Waals surface area contributed by atoms with Gasteiger partial charge in [0.2, 0.25) is 0 Å². The van der Waals surface area contributed by atoms with Crippen LogP contribution in [0, 0.1) is 11.3 Å². The summed E-state index contributed by atoms with van der Waals surface area (Å²) in [5.41, 5.74) is 6.44. The van der Waals surface area contributed by atoms with Crippen LogP contribution in [0.15, 0.2) is 29.3 Å². The van der Waals surface area contributed by atoms with Gasteiger partial charge in [0.25, 0.3) is 5.91 Å². The predicted octanol–water partition coefficient (Wildman–Crippen LogP) is 3.90. The maximum Gasteiger partial charge on any atom is 0.586 e. The lowest BCUT2D eigenvalue weighted by Crippen LogP contribution is -2.25. The number of amides is 1. The van der Waals surface area contributed by atoms with Crippen LogP contribution in [0.1, 0.15) is 35.8 Å². The second kappa shape index (κ2) is 6.77. The first-order valence-corrected chi connectivity index (χ1v) is 9.81. The number of aromatic nitrogens is 1. The molecule has 0 atom stereocenters. The van der Waals surface area contributed by atoms with E-state index in [1.54, 1.807) is 0 Å². The molecule has 29 heavy (non-hydrogen) atoms. The van der Waals surface area contributed by atoms with Crippen LogP contribution in [0.3, 0.4) is 0 Å². The Hall–Kier alpha value is -3.06. The van der Waals surface area contributed by atoms with E-state index >= 15 is 0 Å². The number of hydrogen-bond acceptors (Lipinski definition) is 7. The molecule has 150 valence electrons. The zero-order valence-electron chi connectivity index (χ0n) is 15.3. The molecule has 2 aromatic rings. The molecule has 0 bridgehead atoms. The van der Waals surface area contributed by atoms with E-state index in [0.717, 1.165) is 24.5 Å². The van der Waals surface area contributed by atoms with Crippen molar-refractivity contribution >= 4 is 29.0 Å². The first-order chi connectivity index (χ1) is 13.8. The highest BCUT2D eigenvalue weighted by atomic mass is 32.2. The Morgan fingerprint density at radius 1 is 1.34 bits per heavy atom. The van der Waals surface area contributed by atoms with Crippen LogP contribution >= 0.6 is 11.8 Å². The Labute approximate surface area is 169 Å². The van der Waals surface area contributed by atoms with Crippen molar-refractivity contribution in [1.29, 1.82) is 5.26 Å². The quantitative estimate of drug-likeness (QED) is 0.560. The summed E-state index contributed by atoms with van der Waals surface area (Å²) in [7, 11) is 0. The van der Waals surface area contributed by atoms with Gasteiger partial charge in [-0.25, -0.2) is 4.98 Å². The monoisotopic (exact) mass is 418 g/mol. The molecule has 1 fully saturated rings. The van der Waals surface area contributed by atoms with Gasteiger partial charge in [-0.05, 0) is 30.2 Å². The second-order valence-corrected chi connectivity index (χ2v) is 8.01. The van der Waals surface area contributed by atoms with Crippen LogP contribution in [0.25, 0.3) is 0 Å². The maximum absolute atomic E-state index is 13.2. The van der Waals surface area contributed by atoms with Gasteiger partial charge in [-0.3, -0.25) is 4.79 Å². The van der Waals surface area contributed by atoms with Crippen molar-refractivity contribution in [3.05, 3.63) is 35.7 Å². The lowest BCUT2D eigenvalue weighted by atomic mass is 9.99. The SMILES string of the molecule is CCSc1cc(C2(C#N)CC2)cnc1C(=O)Nc1cc2c(cc1N)OC(F)(F)O2. The fourth-order valence-corrected chi connectivity index (χ4v) is 3.84. The molecule has 0 radical (unpaired) electrons. The fourth-order valence-electron chi connectivity index (χ4n) is 3.03. The molecule has 3 N–H and O–H groups in total. The molecular formula is C19H16F2N4O3S. The van der Waals surface area contributed by atoms with Crippen LogP contribution in [-0.4, -0.2) is 22.9 Å². The number of alkyl halides is 2. The van der Waals surface area contributed by atoms with Gasteiger partial charge in [-0.2, -0.15) is 5.26 Å². The summed E-state index contributed by atoms with van der Waals surface area (Å²) in [4.78, 5) is 17.7. The van der Waals surface area contributed by atoms with Crippen LogP contribution in [0.5, 0.6) is 11.5 Å². The lowest BCUT2D eigenvalue weighted by molar-refractivity contribution is -0.286. The molecule has 1 aromatic carbocycles. The summed E-state index contributed by atoms with van der Waals surface area (Å²) >= 11 is 1.43. The number of pyridine rings is 1. The molecule has 2 heterocycles. The number of halogens is 2. The van der Waals surface area contributed by atoms with E-state index in [1.807, 2.05) is 13.0 Å². The highest BCUT2D eigenvalue weighted by molar-refractivity contribution is 7.99. The molecule has 1 aliphatic carbocycles. The van der Waals surface area contributed by atoms with Crippen molar-refractivity contribution in [3.8, 4) is 17.6 Å². The molecule has 10 heteroatoms. The molecule has 1 aromatic heterocycles. The largest absolute Gasteiger partial charge is 0.586 e. The summed E-state index contributed by atoms with van der Waals surface area (Å²) < 4.78 is 35.2. The highest BCUT2D eigenvalue weighted by Crippen LogP contribution is 2.48. The molecule has 0 unspecified atom stereocenters. The van der Waals surface area contributed by atoms with E-state index in [1.165, 1.54) is 24.0 Å². The number of thioether (sulfide) groups is 1. The summed E-state index contributed by atoms with van der Waals surface area (Å²) in [6.45, 7) is 1.94. The zero-order chi connectivity index (χ0) is 20.8. The normalized spacial score (nSPS) is 17.4. The van der Waals surface area contributed by atoms with Crippen molar-refractivity contribution in [2.45, 2.75) is 36.4 Å². The smallest absolute Gasteiger partial charge is 0.397 e. The summed E-state index contributed by atoms with van der Waals surface area (Å²) in [5, 5.41) is 12.0. The Bertz CT molecular complexity index is 1050. The number of carbonyl (C=O) groups excluding carboxylic acids is 1. The average Bonchev–Trinajstić information content (AvgIpc) is 3.40. The van der Waals surface area contributed by atoms with E-state index in [2.05, 4.69) is 25.8 Å². The minimum Gasteiger partial charge on any atom is -0.397 e. The number of nitrogens with two attached hydrogens (primary N) is 1. The third-order valence-corrected chi connectivity index (χ3v) is 5.62. The van der Waals surface area contributed by atoms with Crippen molar-refractivity contribution in [2.75, 3.05) is 16.8 Å². The standard InChI is InChI=1S/C19H16F2N4O3S/c1-2-29-15-5-10(18(9-22)3-4-18)8-24-16(15)17(26)25-12-7-14-13(6-11(12)23)27-19(20,21)28-14/h5-8H,2-4,23H2,1H3,(H,25,26). The number of rotatable bonds is 5. The number of nitrogen functional groups attached to an aromatic ring is 1. The van der Waals surface area contributed by atoms with E-state index < -0.39 is 17.6 Å². The van der Waals surface area contributed by atoms with Crippen LogP contribution in [0.4, 0.5) is 20.2 Å². The maximum atomic E-state index is 13.2.